The molecule has 0 spiro atoms. The monoisotopic (exact) mass is 619 g/mol. The van der Waals surface area contributed by atoms with Gasteiger partial charge in [0.25, 0.3) is 5.91 Å². The van der Waals surface area contributed by atoms with Crippen molar-refractivity contribution in [3.05, 3.63) is 69.4 Å². The molecule has 0 unspecified atom stereocenters. The molecule has 2 aliphatic carbocycles. The summed E-state index contributed by atoms with van der Waals surface area (Å²) in [5, 5.41) is 14.3. The predicted molar refractivity (Wildman–Crippen MR) is 156 cm³/mol. The van der Waals surface area contributed by atoms with Gasteiger partial charge < -0.3 is 19.3 Å². The first-order valence-corrected chi connectivity index (χ1v) is 16.2. The summed E-state index contributed by atoms with van der Waals surface area (Å²) < 4.78 is 38.3. The third-order valence-corrected chi connectivity index (χ3v) is 10.1. The average molecular weight is 621 g/mol. The van der Waals surface area contributed by atoms with Gasteiger partial charge in [-0.3, -0.25) is 4.79 Å². The summed E-state index contributed by atoms with van der Waals surface area (Å²) >= 11 is 13.0. The number of nitrogens with one attached hydrogen (secondary N) is 1. The van der Waals surface area contributed by atoms with Crippen LogP contribution < -0.4 is 9.62 Å². The number of amides is 1. The van der Waals surface area contributed by atoms with Gasteiger partial charge in [0, 0.05) is 53.4 Å². The molecule has 218 valence electrons. The van der Waals surface area contributed by atoms with E-state index >= 15 is 0 Å². The Morgan fingerprint density at radius 1 is 1.12 bits per heavy atom. The Balaban J connectivity index is 1.09. The maximum atomic E-state index is 12.4. The SMILES string of the molecule is O=C(NS(=O)(=O)CCCO)c1ccc(N2C[C@@H]3C[C@H]2C[C@H]3OCc2c(-c3c(Cl)cccc3Cl)noc2C2CC2)cc1. The van der Waals surface area contributed by atoms with Crippen molar-refractivity contribution >= 4 is 44.8 Å². The first-order chi connectivity index (χ1) is 19.7. The van der Waals surface area contributed by atoms with Gasteiger partial charge in [0.05, 0.1) is 28.5 Å². The van der Waals surface area contributed by atoms with Crippen molar-refractivity contribution < 1.29 is 27.6 Å². The fraction of sp³-hybridized carbons (Fsp3) is 0.448. The van der Waals surface area contributed by atoms with Crippen molar-refractivity contribution in [2.45, 2.75) is 56.8 Å². The number of anilines is 1. The van der Waals surface area contributed by atoms with Crippen LogP contribution >= 0.6 is 23.2 Å². The van der Waals surface area contributed by atoms with Crippen molar-refractivity contribution in [1.29, 1.82) is 0 Å². The number of fused-ring (bicyclic) bond motifs is 2. The predicted octanol–water partition coefficient (Wildman–Crippen LogP) is 5.15. The normalized spacial score (nSPS) is 21.9. The molecule has 2 N–H and O–H groups in total. The topological polar surface area (TPSA) is 122 Å². The maximum Gasteiger partial charge on any atom is 0.264 e. The van der Waals surface area contributed by atoms with Crippen LogP contribution in [0.4, 0.5) is 5.69 Å². The number of hydrogen-bond donors (Lipinski definition) is 2. The highest BCUT2D eigenvalue weighted by Gasteiger charge is 2.45. The summed E-state index contributed by atoms with van der Waals surface area (Å²) in [6.07, 6.45) is 4.20. The van der Waals surface area contributed by atoms with E-state index in [-0.39, 0.29) is 30.4 Å². The molecule has 3 aromatic rings. The van der Waals surface area contributed by atoms with E-state index in [1.807, 2.05) is 12.1 Å². The highest BCUT2D eigenvalue weighted by molar-refractivity contribution is 7.90. The Morgan fingerprint density at radius 3 is 2.49 bits per heavy atom. The van der Waals surface area contributed by atoms with Crippen LogP contribution in [-0.2, 0) is 21.4 Å². The number of rotatable bonds is 11. The maximum absolute atomic E-state index is 12.4. The number of aliphatic hydroxyl groups excluding tert-OH is 1. The van der Waals surface area contributed by atoms with E-state index in [4.69, 9.17) is 37.6 Å². The van der Waals surface area contributed by atoms with E-state index < -0.39 is 15.9 Å². The molecule has 0 radical (unpaired) electrons. The van der Waals surface area contributed by atoms with Crippen LogP contribution in [0.5, 0.6) is 0 Å². The van der Waals surface area contributed by atoms with Gasteiger partial charge in [-0.15, -0.1) is 0 Å². The molecule has 12 heteroatoms. The minimum Gasteiger partial charge on any atom is -0.396 e. The van der Waals surface area contributed by atoms with Gasteiger partial charge in [-0.05, 0) is 68.5 Å². The van der Waals surface area contributed by atoms with Crippen molar-refractivity contribution in [3.8, 4) is 11.3 Å². The van der Waals surface area contributed by atoms with Gasteiger partial charge in [-0.25, -0.2) is 13.1 Å². The summed E-state index contributed by atoms with van der Waals surface area (Å²) in [5.74, 6) is 0.601. The molecule has 1 aromatic heterocycles. The second-order valence-electron chi connectivity index (χ2n) is 11.0. The Hall–Kier alpha value is -2.63. The number of nitrogens with zero attached hydrogens (tertiary/aromatic N) is 2. The fourth-order valence-electron chi connectivity index (χ4n) is 5.98. The lowest BCUT2D eigenvalue weighted by atomic mass is 10.0. The quantitative estimate of drug-likeness (QED) is 0.302. The summed E-state index contributed by atoms with van der Waals surface area (Å²) in [7, 11) is -3.79. The van der Waals surface area contributed by atoms with E-state index in [2.05, 4.69) is 14.8 Å². The number of halogens is 2. The molecule has 2 heterocycles. The van der Waals surface area contributed by atoms with Gasteiger partial charge in [0.1, 0.15) is 11.5 Å². The van der Waals surface area contributed by atoms with E-state index in [0.29, 0.717) is 45.8 Å². The van der Waals surface area contributed by atoms with Crippen molar-refractivity contribution in [3.63, 3.8) is 0 Å². The summed E-state index contributed by atoms with van der Waals surface area (Å²) in [6, 6.07) is 12.7. The number of piperidine rings is 1. The van der Waals surface area contributed by atoms with Crippen LogP contribution in [-0.4, -0.2) is 55.6 Å². The Kier molecular flexibility index (Phi) is 8.04. The lowest BCUT2D eigenvalue weighted by Crippen LogP contribution is -2.38. The van der Waals surface area contributed by atoms with Crippen LogP contribution in [0.25, 0.3) is 11.3 Å². The number of aliphatic hydroxyl groups is 1. The largest absolute Gasteiger partial charge is 0.396 e. The van der Waals surface area contributed by atoms with E-state index in [1.165, 1.54) is 0 Å². The zero-order valence-corrected chi connectivity index (χ0v) is 24.6. The Morgan fingerprint density at radius 2 is 1.85 bits per heavy atom. The van der Waals surface area contributed by atoms with Gasteiger partial charge >= 0.3 is 0 Å². The van der Waals surface area contributed by atoms with Gasteiger partial charge in [0.2, 0.25) is 10.0 Å². The second kappa shape index (κ2) is 11.6. The first kappa shape index (κ1) is 28.5. The number of benzene rings is 2. The molecular weight excluding hydrogens is 589 g/mol. The van der Waals surface area contributed by atoms with Crippen LogP contribution in [0.1, 0.15) is 59.7 Å². The molecule has 3 fully saturated rings. The second-order valence-corrected chi connectivity index (χ2v) is 13.7. The molecule has 1 saturated heterocycles. The molecule has 41 heavy (non-hydrogen) atoms. The van der Waals surface area contributed by atoms with Gasteiger partial charge in [0.15, 0.2) is 0 Å². The average Bonchev–Trinajstić information content (AvgIpc) is 3.40. The molecule has 3 aliphatic rings. The first-order valence-electron chi connectivity index (χ1n) is 13.8. The van der Waals surface area contributed by atoms with Crippen molar-refractivity contribution in [2.24, 2.45) is 5.92 Å². The van der Waals surface area contributed by atoms with Crippen LogP contribution in [0.15, 0.2) is 47.0 Å². The number of carbonyl (C=O) groups excluding carboxylic acids is 1. The number of sulfonamides is 1. The van der Waals surface area contributed by atoms with Crippen molar-refractivity contribution in [2.75, 3.05) is 23.8 Å². The number of ether oxygens (including phenoxy) is 1. The van der Waals surface area contributed by atoms with Crippen LogP contribution in [0, 0.1) is 5.92 Å². The molecule has 6 rings (SSSR count). The zero-order valence-electron chi connectivity index (χ0n) is 22.3. The molecule has 2 saturated carbocycles. The van der Waals surface area contributed by atoms with Gasteiger partial charge in [-0.1, -0.05) is 34.4 Å². The lowest BCUT2D eigenvalue weighted by molar-refractivity contribution is 0.0122. The summed E-state index contributed by atoms with van der Waals surface area (Å²) in [5.41, 5.74) is 3.50. The smallest absolute Gasteiger partial charge is 0.264 e. The minimum atomic E-state index is -3.79. The fourth-order valence-corrected chi connectivity index (χ4v) is 7.56. The standard InChI is InChI=1S/C29H31Cl2N3O6S/c30-23-3-1-4-24(31)26(23)27-22(28(40-32-27)17-5-6-17)16-39-25-14-21-13-19(25)15-34(21)20-9-7-18(8-10-20)29(36)33-41(37,38)12-2-11-35/h1,3-4,7-10,17,19,21,25,35H,2,5-6,11-16H2,(H,33,36)/t19-,21-,25+/m0/s1. The number of hydrogen-bond acceptors (Lipinski definition) is 8. The summed E-state index contributed by atoms with van der Waals surface area (Å²) in [6.45, 7) is 0.956. The molecule has 1 amide bonds. The van der Waals surface area contributed by atoms with Crippen molar-refractivity contribution in [1.82, 2.24) is 9.88 Å². The number of carbonyl (C=O) groups is 1. The molecule has 9 nitrogen and oxygen atoms in total. The number of aromatic nitrogens is 1. The van der Waals surface area contributed by atoms with E-state index in [9.17, 15) is 13.2 Å². The molecule has 2 bridgehead atoms. The third-order valence-electron chi connectivity index (χ3n) is 8.17. The molecule has 2 aromatic carbocycles. The van der Waals surface area contributed by atoms with Crippen LogP contribution in [0.3, 0.4) is 0 Å². The highest BCUT2D eigenvalue weighted by Crippen LogP contribution is 2.47. The molecule has 1 aliphatic heterocycles. The lowest BCUT2D eigenvalue weighted by Gasteiger charge is -2.33. The molecular formula is C29H31Cl2N3O6S. The Labute approximate surface area is 248 Å². The highest BCUT2D eigenvalue weighted by atomic mass is 35.5. The zero-order chi connectivity index (χ0) is 28.7. The summed E-state index contributed by atoms with van der Waals surface area (Å²) in [4.78, 5) is 14.7. The van der Waals surface area contributed by atoms with Gasteiger partial charge in [-0.2, -0.15) is 0 Å². The minimum absolute atomic E-state index is 0.0707. The van der Waals surface area contributed by atoms with E-state index in [1.54, 1.807) is 30.3 Å². The Bertz CT molecular complexity index is 1520. The van der Waals surface area contributed by atoms with Crippen LogP contribution in [0.2, 0.25) is 10.0 Å². The molecule has 3 atom stereocenters. The third kappa shape index (κ3) is 5.99. The van der Waals surface area contributed by atoms with E-state index in [0.717, 1.165) is 49.2 Å².